The Morgan fingerprint density at radius 2 is 2.13 bits per heavy atom. The Morgan fingerprint density at radius 3 is 2.78 bits per heavy atom. The number of rotatable bonds is 4. The first-order valence-corrected chi connectivity index (χ1v) is 7.53. The van der Waals surface area contributed by atoms with Gasteiger partial charge in [0.05, 0.1) is 17.4 Å². The Morgan fingerprint density at radius 1 is 1.35 bits per heavy atom. The van der Waals surface area contributed by atoms with Crippen LogP contribution in [0.4, 0.5) is 5.69 Å². The van der Waals surface area contributed by atoms with Gasteiger partial charge in [0.1, 0.15) is 12.2 Å². The molecule has 1 amide bonds. The molecule has 1 fully saturated rings. The number of nitro benzene ring substituents is 1. The van der Waals surface area contributed by atoms with E-state index in [4.69, 9.17) is 0 Å². The van der Waals surface area contributed by atoms with E-state index in [0.29, 0.717) is 12.4 Å². The number of benzene rings is 1. The smallest absolute Gasteiger partial charge is 0.269 e. The summed E-state index contributed by atoms with van der Waals surface area (Å²) in [5, 5.41) is 17.4. The van der Waals surface area contributed by atoms with Gasteiger partial charge in [-0.1, -0.05) is 12.1 Å². The number of hydrogen-bond acceptors (Lipinski definition) is 5. The summed E-state index contributed by atoms with van der Waals surface area (Å²) in [6.07, 6.45) is 4.55. The largest absolute Gasteiger partial charge is 0.332 e. The minimum Gasteiger partial charge on any atom is -0.332 e. The Bertz CT molecular complexity index is 684. The van der Waals surface area contributed by atoms with Crippen molar-refractivity contribution in [2.24, 2.45) is 0 Å². The lowest BCUT2D eigenvalue weighted by Crippen LogP contribution is -2.39. The van der Waals surface area contributed by atoms with Crippen molar-refractivity contribution in [2.75, 3.05) is 6.54 Å². The molecule has 0 aliphatic carbocycles. The highest BCUT2D eigenvalue weighted by Crippen LogP contribution is 2.29. The van der Waals surface area contributed by atoms with E-state index in [-0.39, 0.29) is 24.1 Å². The highest BCUT2D eigenvalue weighted by Gasteiger charge is 2.29. The van der Waals surface area contributed by atoms with Crippen molar-refractivity contribution in [1.29, 1.82) is 0 Å². The van der Waals surface area contributed by atoms with Crippen LogP contribution in [-0.4, -0.2) is 37.5 Å². The van der Waals surface area contributed by atoms with Crippen LogP contribution in [0.3, 0.4) is 0 Å². The number of aromatic amines is 1. The topological polar surface area (TPSA) is 105 Å². The van der Waals surface area contributed by atoms with Crippen molar-refractivity contribution >= 4 is 11.6 Å². The molecule has 1 saturated heterocycles. The highest BCUT2D eigenvalue weighted by atomic mass is 16.6. The second-order valence-corrected chi connectivity index (χ2v) is 5.57. The molecule has 2 aromatic rings. The molecule has 1 aliphatic rings. The number of nitro groups is 1. The number of nitrogens with zero attached hydrogens (tertiary/aromatic N) is 4. The third-order valence-corrected chi connectivity index (χ3v) is 4.07. The maximum atomic E-state index is 12.6. The molecule has 0 radical (unpaired) electrons. The minimum atomic E-state index is -0.448. The zero-order valence-corrected chi connectivity index (χ0v) is 12.5. The van der Waals surface area contributed by atoms with E-state index >= 15 is 0 Å². The van der Waals surface area contributed by atoms with Crippen molar-refractivity contribution in [3.05, 3.63) is 52.1 Å². The summed E-state index contributed by atoms with van der Waals surface area (Å²) < 4.78 is 0. The molecule has 1 atom stereocenters. The third-order valence-electron chi connectivity index (χ3n) is 4.07. The lowest BCUT2D eigenvalue weighted by atomic mass is 10.00. The van der Waals surface area contributed by atoms with Crippen LogP contribution in [0.15, 0.2) is 30.6 Å². The molecular formula is C15H17N5O3. The number of amides is 1. The zero-order valence-electron chi connectivity index (χ0n) is 12.5. The number of H-pyrrole nitrogens is 1. The predicted molar refractivity (Wildman–Crippen MR) is 81.5 cm³/mol. The SMILES string of the molecule is O=C(Cc1ccc([N+](=O)[O-])cc1)N1CCCC[C@H]1c1ncn[nH]1. The van der Waals surface area contributed by atoms with Crippen molar-refractivity contribution in [3.8, 4) is 0 Å². The maximum absolute atomic E-state index is 12.6. The molecule has 0 saturated carbocycles. The van der Waals surface area contributed by atoms with Gasteiger partial charge in [-0.05, 0) is 24.8 Å². The van der Waals surface area contributed by atoms with Crippen molar-refractivity contribution in [3.63, 3.8) is 0 Å². The minimum absolute atomic E-state index is 0.0000435. The van der Waals surface area contributed by atoms with Crippen LogP contribution < -0.4 is 0 Å². The van der Waals surface area contributed by atoms with E-state index in [1.165, 1.54) is 18.5 Å². The number of non-ortho nitro benzene ring substituents is 1. The lowest BCUT2D eigenvalue weighted by Gasteiger charge is -2.34. The molecule has 23 heavy (non-hydrogen) atoms. The fraction of sp³-hybridized carbons (Fsp3) is 0.400. The van der Waals surface area contributed by atoms with E-state index in [1.54, 1.807) is 12.1 Å². The van der Waals surface area contributed by atoms with Gasteiger partial charge in [-0.25, -0.2) is 4.98 Å². The highest BCUT2D eigenvalue weighted by molar-refractivity contribution is 5.79. The zero-order chi connectivity index (χ0) is 16.2. The quantitative estimate of drug-likeness (QED) is 0.686. The first kappa shape index (κ1) is 15.1. The van der Waals surface area contributed by atoms with E-state index in [9.17, 15) is 14.9 Å². The van der Waals surface area contributed by atoms with E-state index in [1.807, 2.05) is 4.90 Å². The first-order valence-electron chi connectivity index (χ1n) is 7.53. The van der Waals surface area contributed by atoms with Gasteiger partial charge < -0.3 is 4.90 Å². The number of likely N-dealkylation sites (tertiary alicyclic amines) is 1. The predicted octanol–water partition coefficient (Wildman–Crippen LogP) is 2.01. The summed E-state index contributed by atoms with van der Waals surface area (Å²) in [6, 6.07) is 6.03. The van der Waals surface area contributed by atoms with Crippen molar-refractivity contribution in [2.45, 2.75) is 31.7 Å². The van der Waals surface area contributed by atoms with E-state index in [0.717, 1.165) is 24.8 Å². The van der Waals surface area contributed by atoms with E-state index in [2.05, 4.69) is 15.2 Å². The van der Waals surface area contributed by atoms with Gasteiger partial charge in [0.2, 0.25) is 5.91 Å². The molecular weight excluding hydrogens is 298 g/mol. The normalized spacial score (nSPS) is 17.9. The second kappa shape index (κ2) is 6.55. The fourth-order valence-corrected chi connectivity index (χ4v) is 2.90. The number of hydrogen-bond donors (Lipinski definition) is 1. The van der Waals surface area contributed by atoms with Crippen LogP contribution in [0, 0.1) is 10.1 Å². The average molecular weight is 315 g/mol. The Kier molecular flexibility index (Phi) is 4.31. The number of aromatic nitrogens is 3. The molecule has 8 heteroatoms. The van der Waals surface area contributed by atoms with E-state index < -0.39 is 4.92 Å². The van der Waals surface area contributed by atoms with Gasteiger partial charge in [-0.3, -0.25) is 20.0 Å². The summed E-state index contributed by atoms with van der Waals surface area (Å²) in [7, 11) is 0. The average Bonchev–Trinajstić information content (AvgIpc) is 3.09. The summed E-state index contributed by atoms with van der Waals surface area (Å²) in [5.41, 5.74) is 0.793. The lowest BCUT2D eigenvalue weighted by molar-refractivity contribution is -0.384. The van der Waals surface area contributed by atoms with Gasteiger partial charge in [-0.2, -0.15) is 5.10 Å². The van der Waals surface area contributed by atoms with Crippen molar-refractivity contribution < 1.29 is 9.72 Å². The van der Waals surface area contributed by atoms with Gasteiger partial charge >= 0.3 is 0 Å². The Hall–Kier alpha value is -2.77. The summed E-state index contributed by atoms with van der Waals surface area (Å²) in [6.45, 7) is 0.692. The Balaban J connectivity index is 1.72. The number of carbonyl (C=O) groups excluding carboxylic acids is 1. The molecule has 1 N–H and O–H groups in total. The molecule has 120 valence electrons. The van der Waals surface area contributed by atoms with Gasteiger partial charge in [0.15, 0.2) is 0 Å². The summed E-state index contributed by atoms with van der Waals surface area (Å²) >= 11 is 0. The molecule has 1 aliphatic heterocycles. The number of carbonyl (C=O) groups is 1. The van der Waals surface area contributed by atoms with Crippen LogP contribution in [0.5, 0.6) is 0 Å². The summed E-state index contributed by atoms with van der Waals surface area (Å²) in [5.74, 6) is 0.710. The van der Waals surface area contributed by atoms with Crippen LogP contribution in [0.25, 0.3) is 0 Å². The number of nitrogens with one attached hydrogen (secondary N) is 1. The molecule has 3 rings (SSSR count). The molecule has 2 heterocycles. The number of piperidine rings is 1. The van der Waals surface area contributed by atoms with Crippen LogP contribution >= 0.6 is 0 Å². The van der Waals surface area contributed by atoms with Gasteiger partial charge in [-0.15, -0.1) is 0 Å². The summed E-state index contributed by atoms with van der Waals surface area (Å²) in [4.78, 5) is 28.8. The van der Waals surface area contributed by atoms with Crippen molar-refractivity contribution in [1.82, 2.24) is 20.1 Å². The fourth-order valence-electron chi connectivity index (χ4n) is 2.90. The van der Waals surface area contributed by atoms with Crippen LogP contribution in [-0.2, 0) is 11.2 Å². The molecule has 1 aromatic carbocycles. The van der Waals surface area contributed by atoms with Crippen LogP contribution in [0.1, 0.15) is 36.7 Å². The Labute approximate surface area is 132 Å². The first-order chi connectivity index (χ1) is 11.1. The monoisotopic (exact) mass is 315 g/mol. The standard InChI is InChI=1S/C15H17N5O3/c21-14(9-11-4-6-12(7-5-11)20(22)23)19-8-2-1-3-13(19)15-16-10-17-18-15/h4-7,10,13H,1-3,8-9H2,(H,16,17,18)/t13-/m0/s1. The third kappa shape index (κ3) is 3.36. The molecule has 1 aromatic heterocycles. The van der Waals surface area contributed by atoms with Crippen LogP contribution in [0.2, 0.25) is 0 Å². The molecule has 8 nitrogen and oxygen atoms in total. The molecule has 0 spiro atoms. The molecule has 0 bridgehead atoms. The second-order valence-electron chi connectivity index (χ2n) is 5.57. The van der Waals surface area contributed by atoms with Gasteiger partial charge in [0, 0.05) is 18.7 Å². The maximum Gasteiger partial charge on any atom is 0.269 e. The van der Waals surface area contributed by atoms with Gasteiger partial charge in [0.25, 0.3) is 5.69 Å². The molecule has 0 unspecified atom stereocenters.